The first-order chi connectivity index (χ1) is 10.4. The lowest BCUT2D eigenvalue weighted by Crippen LogP contribution is -2.36. The first-order valence-electron chi connectivity index (χ1n) is 7.02. The first kappa shape index (κ1) is 15.3. The van der Waals surface area contributed by atoms with Crippen LogP contribution in [-0.4, -0.2) is 36.7 Å². The summed E-state index contributed by atoms with van der Waals surface area (Å²) in [4.78, 5) is 14.4. The second kappa shape index (κ2) is 5.57. The minimum absolute atomic E-state index is 0.0700. The molecule has 0 saturated carbocycles. The molecule has 1 aromatic heterocycles. The predicted octanol–water partition coefficient (Wildman–Crippen LogP) is 2.09. The maximum absolute atomic E-state index is 13.0. The number of fused-ring (bicyclic) bond motifs is 1. The van der Waals surface area contributed by atoms with Gasteiger partial charge in [-0.25, -0.2) is 8.42 Å². The number of hydrogen-bond acceptors (Lipinski definition) is 3. The third-order valence-electron chi connectivity index (χ3n) is 3.87. The molecule has 0 spiro atoms. The van der Waals surface area contributed by atoms with Crippen LogP contribution in [0.15, 0.2) is 23.1 Å². The summed E-state index contributed by atoms with van der Waals surface area (Å²) in [7, 11) is -3.80. The molecule has 1 amide bonds. The molecule has 1 aliphatic rings. The topological polar surface area (TPSA) is 96.3 Å². The van der Waals surface area contributed by atoms with Crippen molar-refractivity contribution >= 4 is 38.4 Å². The quantitative estimate of drug-likeness (QED) is 0.894. The number of primary amides is 1. The normalized spacial score (nSPS) is 17.0. The molecule has 3 rings (SSSR count). The molecule has 0 atom stereocenters. The number of piperidine rings is 1. The average molecular weight is 342 g/mol. The van der Waals surface area contributed by atoms with Gasteiger partial charge in [0.2, 0.25) is 10.0 Å². The molecule has 1 aliphatic heterocycles. The molecule has 0 radical (unpaired) electrons. The van der Waals surface area contributed by atoms with Crippen LogP contribution in [-0.2, 0) is 10.0 Å². The fourth-order valence-electron chi connectivity index (χ4n) is 2.82. The smallest absolute Gasteiger partial charge is 0.266 e. The standard InChI is InChI=1S/C14H16ClN3O3S/c15-9-4-5-11-10(8-9)13(12(17-11)14(16)19)22(20,21)18-6-2-1-3-7-18/h4-5,8,17H,1-3,6-7H2,(H2,16,19). The average Bonchev–Trinajstić information content (AvgIpc) is 2.87. The number of H-pyrrole nitrogens is 1. The molecule has 1 saturated heterocycles. The van der Waals surface area contributed by atoms with Gasteiger partial charge in [0.05, 0.1) is 0 Å². The Labute approximate surface area is 133 Å². The Balaban J connectivity index is 2.25. The molecule has 22 heavy (non-hydrogen) atoms. The highest BCUT2D eigenvalue weighted by Gasteiger charge is 2.33. The van der Waals surface area contributed by atoms with E-state index in [-0.39, 0.29) is 10.6 Å². The van der Waals surface area contributed by atoms with Gasteiger partial charge >= 0.3 is 0 Å². The number of nitrogens with one attached hydrogen (secondary N) is 1. The summed E-state index contributed by atoms with van der Waals surface area (Å²) in [6.07, 6.45) is 2.64. The number of halogens is 1. The molecular weight excluding hydrogens is 326 g/mol. The molecule has 3 N–H and O–H groups in total. The van der Waals surface area contributed by atoms with Crippen molar-refractivity contribution in [3.05, 3.63) is 28.9 Å². The highest BCUT2D eigenvalue weighted by Crippen LogP contribution is 2.32. The Morgan fingerprint density at radius 2 is 1.91 bits per heavy atom. The predicted molar refractivity (Wildman–Crippen MR) is 84.4 cm³/mol. The number of aromatic amines is 1. The summed E-state index contributed by atoms with van der Waals surface area (Å²) >= 11 is 5.98. The first-order valence-corrected chi connectivity index (χ1v) is 8.84. The van der Waals surface area contributed by atoms with E-state index < -0.39 is 15.9 Å². The van der Waals surface area contributed by atoms with Gasteiger partial charge in [0, 0.05) is 29.0 Å². The molecule has 0 unspecified atom stereocenters. The summed E-state index contributed by atoms with van der Waals surface area (Å²) in [5.74, 6) is -0.803. The summed E-state index contributed by atoms with van der Waals surface area (Å²) in [5, 5.41) is 0.796. The van der Waals surface area contributed by atoms with Gasteiger partial charge in [-0.05, 0) is 31.0 Å². The number of amides is 1. The molecule has 0 aliphatic carbocycles. The van der Waals surface area contributed by atoms with Crippen LogP contribution < -0.4 is 5.73 Å². The highest BCUT2D eigenvalue weighted by atomic mass is 35.5. The van der Waals surface area contributed by atoms with Crippen molar-refractivity contribution in [3.8, 4) is 0 Å². The molecule has 0 bridgehead atoms. The van der Waals surface area contributed by atoms with Crippen molar-refractivity contribution in [3.63, 3.8) is 0 Å². The van der Waals surface area contributed by atoms with Crippen molar-refractivity contribution in [2.45, 2.75) is 24.2 Å². The van der Waals surface area contributed by atoms with Crippen molar-refractivity contribution in [2.75, 3.05) is 13.1 Å². The van der Waals surface area contributed by atoms with E-state index in [2.05, 4.69) is 4.98 Å². The lowest BCUT2D eigenvalue weighted by molar-refractivity contribution is 0.0993. The molecule has 6 nitrogen and oxygen atoms in total. The van der Waals surface area contributed by atoms with Crippen LogP contribution in [0.5, 0.6) is 0 Å². The summed E-state index contributed by atoms with van der Waals surface area (Å²) < 4.78 is 27.3. The second-order valence-corrected chi connectivity index (χ2v) is 7.66. The number of hydrogen-bond donors (Lipinski definition) is 2. The van der Waals surface area contributed by atoms with Crippen LogP contribution >= 0.6 is 11.6 Å². The number of carbonyl (C=O) groups is 1. The minimum Gasteiger partial charge on any atom is -0.364 e. The lowest BCUT2D eigenvalue weighted by atomic mass is 10.2. The van der Waals surface area contributed by atoms with Crippen LogP contribution in [0.25, 0.3) is 10.9 Å². The zero-order chi connectivity index (χ0) is 15.9. The molecular formula is C14H16ClN3O3S. The van der Waals surface area contributed by atoms with E-state index in [1.54, 1.807) is 12.1 Å². The lowest BCUT2D eigenvalue weighted by Gasteiger charge is -2.26. The largest absolute Gasteiger partial charge is 0.364 e. The maximum atomic E-state index is 13.0. The Bertz CT molecular complexity index is 838. The van der Waals surface area contributed by atoms with Crippen molar-refractivity contribution < 1.29 is 13.2 Å². The summed E-state index contributed by atoms with van der Waals surface area (Å²) in [6.45, 7) is 0.904. The number of sulfonamides is 1. The van der Waals surface area contributed by atoms with Crippen LogP contribution in [0.1, 0.15) is 29.8 Å². The van der Waals surface area contributed by atoms with E-state index in [0.29, 0.717) is 29.0 Å². The van der Waals surface area contributed by atoms with Crippen LogP contribution in [0, 0.1) is 0 Å². The van der Waals surface area contributed by atoms with Gasteiger partial charge in [0.1, 0.15) is 10.6 Å². The van der Waals surface area contributed by atoms with Crippen molar-refractivity contribution in [1.29, 1.82) is 0 Å². The molecule has 8 heteroatoms. The SMILES string of the molecule is NC(=O)c1[nH]c2ccc(Cl)cc2c1S(=O)(=O)N1CCCCC1. The van der Waals surface area contributed by atoms with Crippen LogP contribution in [0.2, 0.25) is 5.02 Å². The van der Waals surface area contributed by atoms with E-state index in [4.69, 9.17) is 17.3 Å². The Morgan fingerprint density at radius 3 is 2.55 bits per heavy atom. The van der Waals surface area contributed by atoms with Gasteiger partial charge in [0.25, 0.3) is 5.91 Å². The third-order valence-corrected chi connectivity index (χ3v) is 6.09. The van der Waals surface area contributed by atoms with Gasteiger partial charge in [-0.1, -0.05) is 18.0 Å². The fraction of sp³-hybridized carbons (Fsp3) is 0.357. The van der Waals surface area contributed by atoms with Crippen molar-refractivity contribution in [1.82, 2.24) is 9.29 Å². The fourth-order valence-corrected chi connectivity index (χ4v) is 4.84. The van der Waals surface area contributed by atoms with Crippen molar-refractivity contribution in [2.24, 2.45) is 5.73 Å². The van der Waals surface area contributed by atoms with Crippen LogP contribution in [0.4, 0.5) is 0 Å². The summed E-state index contributed by atoms with van der Waals surface area (Å²) in [6, 6.07) is 4.80. The Hall–Kier alpha value is -1.57. The minimum atomic E-state index is -3.80. The van der Waals surface area contributed by atoms with Gasteiger partial charge in [0.15, 0.2) is 0 Å². The Kier molecular flexibility index (Phi) is 3.88. The molecule has 2 heterocycles. The molecule has 2 aromatic rings. The van der Waals surface area contributed by atoms with E-state index in [1.807, 2.05) is 0 Å². The monoisotopic (exact) mass is 341 g/mol. The third kappa shape index (κ3) is 2.49. The van der Waals surface area contributed by atoms with E-state index >= 15 is 0 Å². The molecule has 1 aromatic carbocycles. The number of carbonyl (C=O) groups excluding carboxylic acids is 1. The Morgan fingerprint density at radius 1 is 1.23 bits per heavy atom. The van der Waals surface area contributed by atoms with Gasteiger partial charge in [-0.3, -0.25) is 4.79 Å². The zero-order valence-corrected chi connectivity index (χ0v) is 13.4. The van der Waals surface area contributed by atoms with E-state index in [0.717, 1.165) is 19.3 Å². The van der Waals surface area contributed by atoms with Gasteiger partial charge in [-0.15, -0.1) is 0 Å². The van der Waals surface area contributed by atoms with E-state index in [9.17, 15) is 13.2 Å². The summed E-state index contributed by atoms with van der Waals surface area (Å²) in [5.41, 5.74) is 5.78. The number of aromatic nitrogens is 1. The van der Waals surface area contributed by atoms with Crippen LogP contribution in [0.3, 0.4) is 0 Å². The highest BCUT2D eigenvalue weighted by molar-refractivity contribution is 7.89. The number of rotatable bonds is 3. The van der Waals surface area contributed by atoms with Gasteiger partial charge < -0.3 is 10.7 Å². The van der Waals surface area contributed by atoms with E-state index in [1.165, 1.54) is 10.4 Å². The maximum Gasteiger partial charge on any atom is 0.266 e. The van der Waals surface area contributed by atoms with Gasteiger partial charge in [-0.2, -0.15) is 4.31 Å². The number of nitrogens with two attached hydrogens (primary N) is 1. The molecule has 118 valence electrons. The number of benzene rings is 1. The zero-order valence-electron chi connectivity index (χ0n) is 11.8. The molecule has 1 fully saturated rings. The second-order valence-electron chi connectivity index (χ2n) is 5.35. The number of nitrogens with zero attached hydrogens (tertiary/aromatic N) is 1.